The maximum Gasteiger partial charge on any atom is 0.129 e. The van der Waals surface area contributed by atoms with Crippen LogP contribution in [0.25, 0.3) is 0 Å². The Morgan fingerprint density at radius 3 is 2.93 bits per heavy atom. The van der Waals surface area contributed by atoms with E-state index in [2.05, 4.69) is 6.07 Å². The molecule has 1 aliphatic rings. The van der Waals surface area contributed by atoms with Gasteiger partial charge in [0.15, 0.2) is 0 Å². The highest BCUT2D eigenvalue weighted by atomic mass is 16.5. The molecule has 0 bridgehead atoms. The Labute approximate surface area is 83.9 Å². The zero-order valence-corrected chi connectivity index (χ0v) is 8.54. The van der Waals surface area contributed by atoms with E-state index in [1.165, 1.54) is 5.56 Å². The van der Waals surface area contributed by atoms with Crippen LogP contribution in [-0.4, -0.2) is 12.9 Å². The van der Waals surface area contributed by atoms with Crippen LogP contribution in [0.4, 0.5) is 0 Å². The predicted octanol–water partition coefficient (Wildman–Crippen LogP) is 2.10. The van der Waals surface area contributed by atoms with Crippen molar-refractivity contribution in [1.29, 1.82) is 0 Å². The van der Waals surface area contributed by atoms with Gasteiger partial charge in [0.1, 0.15) is 12.0 Å². The molecule has 0 N–H and O–H groups in total. The van der Waals surface area contributed by atoms with Crippen molar-refractivity contribution < 1.29 is 9.53 Å². The maximum atomic E-state index is 10.9. The summed E-state index contributed by atoms with van der Waals surface area (Å²) in [5.74, 6) is 0.968. The zero-order chi connectivity index (χ0) is 10.2. The summed E-state index contributed by atoms with van der Waals surface area (Å²) in [6.07, 6.45) is 1.95. The van der Waals surface area contributed by atoms with E-state index in [0.29, 0.717) is 0 Å². The molecule has 14 heavy (non-hydrogen) atoms. The third-order valence-electron chi connectivity index (χ3n) is 2.73. The number of hydrogen-bond acceptors (Lipinski definition) is 2. The lowest BCUT2D eigenvalue weighted by molar-refractivity contribution is -0.111. The minimum absolute atomic E-state index is 0.391. The van der Waals surface area contributed by atoms with Gasteiger partial charge in [-0.3, -0.25) is 0 Å². The first-order valence-electron chi connectivity index (χ1n) is 4.86. The van der Waals surface area contributed by atoms with Gasteiger partial charge in [-0.05, 0) is 31.0 Å². The second-order valence-electron chi connectivity index (χ2n) is 4.26. The molecule has 0 unspecified atom stereocenters. The van der Waals surface area contributed by atoms with Crippen LogP contribution < -0.4 is 4.74 Å². The molecular weight excluding hydrogens is 176 g/mol. The van der Waals surface area contributed by atoms with Gasteiger partial charge in [-0.15, -0.1) is 0 Å². The molecule has 0 aliphatic carbocycles. The lowest BCUT2D eigenvalue weighted by Crippen LogP contribution is -2.18. The van der Waals surface area contributed by atoms with Crippen LogP contribution in [0.3, 0.4) is 0 Å². The van der Waals surface area contributed by atoms with Crippen molar-refractivity contribution in [3.63, 3.8) is 0 Å². The molecule has 1 aliphatic heterocycles. The Morgan fingerprint density at radius 1 is 1.43 bits per heavy atom. The van der Waals surface area contributed by atoms with Crippen molar-refractivity contribution >= 4 is 6.29 Å². The number of hydrogen-bond donors (Lipinski definition) is 0. The van der Waals surface area contributed by atoms with Crippen LogP contribution in [0, 0.1) is 0 Å². The first-order chi connectivity index (χ1) is 6.63. The number of carbonyl (C=O) groups is 1. The average molecular weight is 190 g/mol. The van der Waals surface area contributed by atoms with Crippen molar-refractivity contribution in [3.05, 3.63) is 29.3 Å². The smallest absolute Gasteiger partial charge is 0.129 e. The minimum atomic E-state index is -0.391. The lowest BCUT2D eigenvalue weighted by Gasteiger charge is -2.17. The molecule has 0 atom stereocenters. The topological polar surface area (TPSA) is 26.3 Å². The summed E-state index contributed by atoms with van der Waals surface area (Å²) >= 11 is 0. The highest BCUT2D eigenvalue weighted by Gasteiger charge is 2.22. The van der Waals surface area contributed by atoms with E-state index in [0.717, 1.165) is 30.6 Å². The summed E-state index contributed by atoms with van der Waals surface area (Å²) in [5.41, 5.74) is 1.90. The molecule has 0 amide bonds. The Hall–Kier alpha value is -1.31. The Morgan fingerprint density at radius 2 is 2.21 bits per heavy atom. The monoisotopic (exact) mass is 190 g/mol. The van der Waals surface area contributed by atoms with Gasteiger partial charge < -0.3 is 9.53 Å². The number of carbonyl (C=O) groups excluding carboxylic acids is 1. The van der Waals surface area contributed by atoms with E-state index in [1.54, 1.807) is 0 Å². The van der Waals surface area contributed by atoms with E-state index < -0.39 is 5.41 Å². The molecule has 0 spiro atoms. The summed E-state index contributed by atoms with van der Waals surface area (Å²) in [7, 11) is 0. The van der Waals surface area contributed by atoms with Gasteiger partial charge in [0.25, 0.3) is 0 Å². The van der Waals surface area contributed by atoms with Crippen molar-refractivity contribution in [2.24, 2.45) is 0 Å². The first-order valence-corrected chi connectivity index (χ1v) is 4.86. The van der Waals surface area contributed by atoms with Crippen LogP contribution in [0.15, 0.2) is 18.2 Å². The average Bonchev–Trinajstić information content (AvgIpc) is 2.64. The van der Waals surface area contributed by atoms with Gasteiger partial charge in [-0.1, -0.05) is 12.1 Å². The zero-order valence-electron chi connectivity index (χ0n) is 8.54. The van der Waals surface area contributed by atoms with Crippen molar-refractivity contribution in [3.8, 4) is 5.75 Å². The fraction of sp³-hybridized carbons (Fsp3) is 0.417. The molecule has 2 rings (SSSR count). The van der Waals surface area contributed by atoms with E-state index >= 15 is 0 Å². The van der Waals surface area contributed by atoms with E-state index in [1.807, 2.05) is 26.0 Å². The van der Waals surface area contributed by atoms with E-state index in [9.17, 15) is 4.79 Å². The summed E-state index contributed by atoms with van der Waals surface area (Å²) in [4.78, 5) is 10.9. The molecule has 1 aromatic rings. The van der Waals surface area contributed by atoms with Gasteiger partial charge in [0.2, 0.25) is 0 Å². The molecule has 74 valence electrons. The summed E-state index contributed by atoms with van der Waals surface area (Å²) in [5, 5.41) is 0. The van der Waals surface area contributed by atoms with Gasteiger partial charge in [0, 0.05) is 11.8 Å². The Balaban J connectivity index is 2.42. The highest BCUT2D eigenvalue weighted by molar-refractivity contribution is 5.67. The standard InChI is InChI=1S/C12H14O2/c1-12(2,8-13)10-3-4-11-9(7-10)5-6-14-11/h3-4,7-8H,5-6H2,1-2H3. The highest BCUT2D eigenvalue weighted by Crippen LogP contribution is 2.30. The minimum Gasteiger partial charge on any atom is -0.493 e. The normalized spacial score (nSPS) is 14.7. The van der Waals surface area contributed by atoms with Gasteiger partial charge in [0.05, 0.1) is 6.61 Å². The quantitative estimate of drug-likeness (QED) is 0.667. The fourth-order valence-corrected chi connectivity index (χ4v) is 1.66. The Kier molecular flexibility index (Phi) is 2.06. The molecule has 0 radical (unpaired) electrons. The molecule has 2 nitrogen and oxygen atoms in total. The van der Waals surface area contributed by atoms with Crippen LogP contribution in [-0.2, 0) is 16.6 Å². The molecule has 0 fully saturated rings. The fourth-order valence-electron chi connectivity index (χ4n) is 1.66. The lowest BCUT2D eigenvalue weighted by atomic mass is 9.85. The molecule has 0 saturated carbocycles. The van der Waals surface area contributed by atoms with Crippen LogP contribution in [0.1, 0.15) is 25.0 Å². The molecule has 1 heterocycles. The second-order valence-corrected chi connectivity index (χ2v) is 4.26. The number of ether oxygens (including phenoxy) is 1. The van der Waals surface area contributed by atoms with Gasteiger partial charge in [-0.25, -0.2) is 0 Å². The SMILES string of the molecule is CC(C)(C=O)c1ccc2c(c1)CCO2. The van der Waals surface area contributed by atoms with Crippen LogP contribution in [0.2, 0.25) is 0 Å². The molecule has 0 saturated heterocycles. The number of rotatable bonds is 2. The third kappa shape index (κ3) is 1.41. The van der Waals surface area contributed by atoms with Crippen molar-refractivity contribution in [2.45, 2.75) is 25.7 Å². The number of fused-ring (bicyclic) bond motifs is 1. The first kappa shape index (κ1) is 9.25. The van der Waals surface area contributed by atoms with E-state index in [4.69, 9.17) is 4.74 Å². The van der Waals surface area contributed by atoms with Gasteiger partial charge in [-0.2, -0.15) is 0 Å². The summed E-state index contributed by atoms with van der Waals surface area (Å²) in [6, 6.07) is 6.01. The van der Waals surface area contributed by atoms with Gasteiger partial charge >= 0.3 is 0 Å². The number of benzene rings is 1. The van der Waals surface area contributed by atoms with Crippen LogP contribution in [0.5, 0.6) is 5.75 Å². The predicted molar refractivity (Wildman–Crippen MR) is 54.7 cm³/mol. The maximum absolute atomic E-state index is 10.9. The Bertz CT molecular complexity index is 367. The summed E-state index contributed by atoms with van der Waals surface area (Å²) < 4.78 is 5.41. The molecule has 2 heteroatoms. The van der Waals surface area contributed by atoms with E-state index in [-0.39, 0.29) is 0 Å². The summed E-state index contributed by atoms with van der Waals surface area (Å²) in [6.45, 7) is 4.62. The number of aldehydes is 1. The molecule has 0 aromatic heterocycles. The molecule has 1 aromatic carbocycles. The largest absolute Gasteiger partial charge is 0.493 e. The van der Waals surface area contributed by atoms with Crippen molar-refractivity contribution in [1.82, 2.24) is 0 Å². The second kappa shape index (κ2) is 3.12. The van der Waals surface area contributed by atoms with Crippen molar-refractivity contribution in [2.75, 3.05) is 6.61 Å². The third-order valence-corrected chi connectivity index (χ3v) is 2.73. The molecular formula is C12H14O2. The van der Waals surface area contributed by atoms with Crippen LogP contribution >= 0.6 is 0 Å².